The quantitative estimate of drug-likeness (QED) is 0.241. The second kappa shape index (κ2) is 12.3. The first-order chi connectivity index (χ1) is 20.7. The Bertz CT molecular complexity index is 1610. The summed E-state index contributed by atoms with van der Waals surface area (Å²) in [4.78, 5) is 22.0. The third-order valence-electron chi connectivity index (χ3n) is 7.93. The van der Waals surface area contributed by atoms with E-state index in [1.54, 1.807) is 12.3 Å². The zero-order valence-corrected chi connectivity index (χ0v) is 24.1. The van der Waals surface area contributed by atoms with E-state index in [1.807, 2.05) is 47.4 Å². The molecule has 10 heteroatoms. The Labute approximate surface area is 253 Å². The molecule has 0 saturated carbocycles. The van der Waals surface area contributed by atoms with E-state index in [0.29, 0.717) is 30.2 Å². The molecule has 3 heterocycles. The van der Waals surface area contributed by atoms with Crippen molar-refractivity contribution in [2.45, 2.75) is 31.7 Å². The molecule has 0 radical (unpaired) electrons. The first-order valence-corrected chi connectivity index (χ1v) is 14.6. The molecule has 222 valence electrons. The first kappa shape index (κ1) is 29.0. The largest absolute Gasteiger partial charge is 0.416 e. The number of likely N-dealkylation sites (tertiary alicyclic amines) is 1. The lowest BCUT2D eigenvalue weighted by Gasteiger charge is -2.32. The van der Waals surface area contributed by atoms with Crippen LogP contribution in [0.5, 0.6) is 0 Å². The highest BCUT2D eigenvalue weighted by Gasteiger charge is 2.34. The summed E-state index contributed by atoms with van der Waals surface area (Å²) in [6.07, 6.45) is -1.89. The molecule has 2 N–H and O–H groups in total. The van der Waals surface area contributed by atoms with Crippen LogP contribution in [0.15, 0.2) is 85.1 Å². The highest BCUT2D eigenvalue weighted by atomic mass is 35.5. The highest BCUT2D eigenvalue weighted by molar-refractivity contribution is 6.30. The lowest BCUT2D eigenvalue weighted by Crippen LogP contribution is -2.37. The fourth-order valence-electron chi connectivity index (χ4n) is 5.80. The molecule has 1 unspecified atom stereocenters. The van der Waals surface area contributed by atoms with Gasteiger partial charge in [0.2, 0.25) is 0 Å². The van der Waals surface area contributed by atoms with Crippen LogP contribution in [0.1, 0.15) is 33.5 Å². The minimum atomic E-state index is -4.49. The van der Waals surface area contributed by atoms with Crippen molar-refractivity contribution in [3.8, 4) is 11.1 Å². The van der Waals surface area contributed by atoms with Crippen LogP contribution in [0.2, 0.25) is 5.02 Å². The van der Waals surface area contributed by atoms with Gasteiger partial charge in [-0.3, -0.25) is 9.69 Å². The van der Waals surface area contributed by atoms with Gasteiger partial charge in [0.25, 0.3) is 5.91 Å². The summed E-state index contributed by atoms with van der Waals surface area (Å²) >= 11 is 6.08. The number of fused-ring (bicyclic) bond motifs is 1. The Hall–Kier alpha value is -4.08. The monoisotopic (exact) mass is 605 g/mol. The average Bonchev–Trinajstić information content (AvgIpc) is 3.43. The first-order valence-electron chi connectivity index (χ1n) is 14.2. The van der Waals surface area contributed by atoms with Crippen LogP contribution in [0.3, 0.4) is 0 Å². The minimum absolute atomic E-state index is 0.0281. The summed E-state index contributed by atoms with van der Waals surface area (Å²) in [6.45, 7) is 3.63. The number of halogens is 4. The second-order valence-corrected chi connectivity index (χ2v) is 11.4. The van der Waals surface area contributed by atoms with E-state index in [4.69, 9.17) is 11.6 Å². The molecule has 6 nitrogen and oxygen atoms in total. The van der Waals surface area contributed by atoms with Gasteiger partial charge in [-0.05, 0) is 59.5 Å². The molecule has 0 spiro atoms. The van der Waals surface area contributed by atoms with Crippen LogP contribution in [0.4, 0.5) is 24.7 Å². The van der Waals surface area contributed by atoms with Crippen LogP contribution in [0, 0.1) is 0 Å². The second-order valence-electron chi connectivity index (χ2n) is 11.0. The molecular formula is C33H31ClF3N5O. The van der Waals surface area contributed by atoms with Gasteiger partial charge in [0.1, 0.15) is 5.82 Å². The number of nitrogens with zero attached hydrogens (tertiary/aromatic N) is 3. The van der Waals surface area contributed by atoms with Crippen LogP contribution in [-0.2, 0) is 19.3 Å². The van der Waals surface area contributed by atoms with E-state index < -0.39 is 11.7 Å². The van der Waals surface area contributed by atoms with Crippen molar-refractivity contribution in [2.24, 2.45) is 0 Å². The minimum Gasteiger partial charge on any atom is -0.367 e. The Morgan fingerprint density at radius 1 is 0.977 bits per heavy atom. The smallest absolute Gasteiger partial charge is 0.367 e. The number of alkyl halides is 3. The van der Waals surface area contributed by atoms with Crippen molar-refractivity contribution in [3.05, 3.63) is 112 Å². The fourth-order valence-corrected chi connectivity index (χ4v) is 6.00. The SMILES string of the molecule is O=C(NC1CCN(Cc2ccccc2)C1)c1cccc(-c2cnc3c(c2)N(Cc2cc(Cl)ccc2C(F)(F)F)CCN3)c1. The molecule has 4 aromatic rings. The average molecular weight is 606 g/mol. The number of benzene rings is 3. The van der Waals surface area contributed by atoms with Crippen LogP contribution >= 0.6 is 11.6 Å². The lowest BCUT2D eigenvalue weighted by molar-refractivity contribution is -0.138. The number of pyridine rings is 1. The van der Waals surface area contributed by atoms with Crippen molar-refractivity contribution in [1.82, 2.24) is 15.2 Å². The van der Waals surface area contributed by atoms with Gasteiger partial charge in [-0.2, -0.15) is 13.2 Å². The van der Waals surface area contributed by atoms with Gasteiger partial charge >= 0.3 is 6.18 Å². The van der Waals surface area contributed by atoms with Gasteiger partial charge in [0.15, 0.2) is 0 Å². The lowest BCUT2D eigenvalue weighted by atomic mass is 10.0. The molecule has 43 heavy (non-hydrogen) atoms. The zero-order chi connectivity index (χ0) is 30.0. The topological polar surface area (TPSA) is 60.5 Å². The zero-order valence-electron chi connectivity index (χ0n) is 23.4. The number of carbonyl (C=O) groups excluding carboxylic acids is 1. The van der Waals surface area contributed by atoms with Gasteiger partial charge in [-0.25, -0.2) is 4.98 Å². The van der Waals surface area contributed by atoms with E-state index >= 15 is 0 Å². The molecule has 6 rings (SSSR count). The third-order valence-corrected chi connectivity index (χ3v) is 8.17. The maximum absolute atomic E-state index is 13.7. The summed E-state index contributed by atoms with van der Waals surface area (Å²) in [5.41, 5.74) is 3.44. The van der Waals surface area contributed by atoms with E-state index in [1.165, 1.54) is 17.7 Å². The summed E-state index contributed by atoms with van der Waals surface area (Å²) in [5, 5.41) is 6.66. The Morgan fingerprint density at radius 2 is 1.81 bits per heavy atom. The van der Waals surface area contributed by atoms with E-state index in [0.717, 1.165) is 43.2 Å². The molecule has 2 aliphatic heterocycles. The summed E-state index contributed by atoms with van der Waals surface area (Å²) in [5.74, 6) is 0.462. The van der Waals surface area contributed by atoms with Crippen molar-refractivity contribution >= 4 is 29.0 Å². The summed E-state index contributed by atoms with van der Waals surface area (Å²) in [6, 6.07) is 23.3. The van der Waals surface area contributed by atoms with Crippen LogP contribution in [0.25, 0.3) is 11.1 Å². The summed E-state index contributed by atoms with van der Waals surface area (Å²) in [7, 11) is 0. The van der Waals surface area contributed by atoms with E-state index in [2.05, 4.69) is 32.7 Å². The number of amides is 1. The number of rotatable bonds is 7. The number of hydrogen-bond acceptors (Lipinski definition) is 5. The van der Waals surface area contributed by atoms with Crippen molar-refractivity contribution in [1.29, 1.82) is 0 Å². The standard InChI is InChI=1S/C33H31ClF3N5O/c34-27-9-10-29(33(35,36)37)26(16-27)20-42-14-12-38-31-30(42)17-25(18-39-31)23-7-4-8-24(15-23)32(43)40-28-11-13-41(21-28)19-22-5-2-1-3-6-22/h1-10,15-18,28H,11-14,19-21H2,(H,38,39)(H,40,43). The number of aromatic nitrogens is 1. The normalized spacial score (nSPS) is 16.9. The molecular weight excluding hydrogens is 575 g/mol. The molecule has 1 saturated heterocycles. The van der Waals surface area contributed by atoms with Crippen LogP contribution in [-0.4, -0.2) is 48.0 Å². The predicted molar refractivity (Wildman–Crippen MR) is 163 cm³/mol. The van der Waals surface area contributed by atoms with Gasteiger partial charge in [-0.1, -0.05) is 54.1 Å². The third kappa shape index (κ3) is 6.78. The fraction of sp³-hybridized carbons (Fsp3) is 0.273. The molecule has 1 atom stereocenters. The van der Waals surface area contributed by atoms with Gasteiger partial charge in [0.05, 0.1) is 11.3 Å². The molecule has 0 aliphatic carbocycles. The van der Waals surface area contributed by atoms with E-state index in [-0.39, 0.29) is 29.1 Å². The Balaban J connectivity index is 1.17. The van der Waals surface area contributed by atoms with Gasteiger partial charge in [0, 0.05) is 67.7 Å². The molecule has 3 aromatic carbocycles. The van der Waals surface area contributed by atoms with Crippen molar-refractivity contribution in [2.75, 3.05) is 36.4 Å². The maximum atomic E-state index is 13.7. The summed E-state index contributed by atoms with van der Waals surface area (Å²) < 4.78 is 41.2. The molecule has 0 bridgehead atoms. The van der Waals surface area contributed by atoms with Gasteiger partial charge in [-0.15, -0.1) is 0 Å². The van der Waals surface area contributed by atoms with Crippen molar-refractivity contribution < 1.29 is 18.0 Å². The van der Waals surface area contributed by atoms with Gasteiger partial charge < -0.3 is 15.5 Å². The van der Waals surface area contributed by atoms with Crippen LogP contribution < -0.4 is 15.5 Å². The molecule has 2 aliphatic rings. The highest BCUT2D eigenvalue weighted by Crippen LogP contribution is 2.37. The van der Waals surface area contributed by atoms with E-state index in [9.17, 15) is 18.0 Å². The predicted octanol–water partition coefficient (Wildman–Crippen LogP) is 6.86. The molecule has 1 amide bonds. The number of anilines is 2. The molecule has 1 aromatic heterocycles. The maximum Gasteiger partial charge on any atom is 0.416 e. The Morgan fingerprint density at radius 3 is 2.63 bits per heavy atom. The number of carbonyl (C=O) groups is 1. The number of hydrogen-bond donors (Lipinski definition) is 2. The molecule has 1 fully saturated rings. The number of nitrogens with one attached hydrogen (secondary N) is 2. The Kier molecular flexibility index (Phi) is 8.27. The van der Waals surface area contributed by atoms with Crippen molar-refractivity contribution in [3.63, 3.8) is 0 Å².